The fourth-order valence-corrected chi connectivity index (χ4v) is 3.12. The van der Waals surface area contributed by atoms with Gasteiger partial charge in [0.2, 0.25) is 0 Å². The Morgan fingerprint density at radius 1 is 1.30 bits per heavy atom. The van der Waals surface area contributed by atoms with Gasteiger partial charge in [0.25, 0.3) is 0 Å². The van der Waals surface area contributed by atoms with E-state index in [4.69, 9.17) is 15.2 Å². The molecule has 2 rings (SSSR count). The first-order chi connectivity index (χ1) is 9.60. The highest BCUT2D eigenvalue weighted by molar-refractivity contribution is 5.82. The third-order valence-electron chi connectivity index (χ3n) is 4.31. The van der Waals surface area contributed by atoms with E-state index in [1.165, 1.54) is 0 Å². The molecule has 0 radical (unpaired) electrons. The summed E-state index contributed by atoms with van der Waals surface area (Å²) in [6, 6.07) is 0. The number of esters is 1. The number of ether oxygens (including phenoxy) is 2. The zero-order valence-corrected chi connectivity index (χ0v) is 12.8. The second-order valence-corrected chi connectivity index (χ2v) is 5.99. The first-order valence-electron chi connectivity index (χ1n) is 7.90. The van der Waals surface area contributed by atoms with E-state index in [2.05, 4.69) is 4.90 Å². The molecule has 1 heterocycles. The van der Waals surface area contributed by atoms with Crippen LogP contribution >= 0.6 is 0 Å². The summed E-state index contributed by atoms with van der Waals surface area (Å²) in [6.45, 7) is 7.46. The quantitative estimate of drug-likeness (QED) is 0.711. The molecule has 2 aliphatic rings. The number of carbonyl (C=O) groups excluding carboxylic acids is 1. The van der Waals surface area contributed by atoms with Crippen molar-refractivity contribution in [1.82, 2.24) is 4.90 Å². The van der Waals surface area contributed by atoms with Crippen molar-refractivity contribution in [3.8, 4) is 0 Å². The van der Waals surface area contributed by atoms with E-state index in [0.717, 1.165) is 45.4 Å². The molecule has 1 saturated carbocycles. The molecule has 2 N–H and O–H groups in total. The van der Waals surface area contributed by atoms with Gasteiger partial charge in [-0.25, -0.2) is 4.79 Å². The van der Waals surface area contributed by atoms with E-state index in [0.29, 0.717) is 13.2 Å². The number of carbonyl (C=O) groups is 1. The minimum atomic E-state index is -0.829. The van der Waals surface area contributed by atoms with Gasteiger partial charge in [0.15, 0.2) is 0 Å². The van der Waals surface area contributed by atoms with Crippen molar-refractivity contribution in [1.29, 1.82) is 0 Å². The summed E-state index contributed by atoms with van der Waals surface area (Å²) in [4.78, 5) is 14.5. The molecule has 1 saturated heterocycles. The Morgan fingerprint density at radius 3 is 2.65 bits per heavy atom. The van der Waals surface area contributed by atoms with E-state index in [1.807, 2.05) is 13.8 Å². The van der Waals surface area contributed by atoms with Crippen LogP contribution in [0, 0.1) is 5.92 Å². The van der Waals surface area contributed by atoms with E-state index in [-0.39, 0.29) is 18.0 Å². The van der Waals surface area contributed by atoms with Gasteiger partial charge in [0.1, 0.15) is 5.54 Å². The highest BCUT2D eigenvalue weighted by Crippen LogP contribution is 2.39. The monoisotopic (exact) mass is 284 g/mol. The van der Waals surface area contributed by atoms with Gasteiger partial charge in [-0.3, -0.25) is 4.90 Å². The maximum Gasteiger partial charge on any atom is 0.327 e. The van der Waals surface area contributed by atoms with E-state index >= 15 is 0 Å². The number of piperidine rings is 1. The number of likely N-dealkylation sites (tertiary alicyclic amines) is 1. The summed E-state index contributed by atoms with van der Waals surface area (Å²) >= 11 is 0. The van der Waals surface area contributed by atoms with Crippen molar-refractivity contribution in [2.24, 2.45) is 11.7 Å². The predicted octanol–water partition coefficient (Wildman–Crippen LogP) is 1.16. The zero-order valence-electron chi connectivity index (χ0n) is 12.8. The third kappa shape index (κ3) is 3.71. The average Bonchev–Trinajstić information content (AvgIpc) is 3.24. The zero-order chi connectivity index (χ0) is 14.6. The van der Waals surface area contributed by atoms with Crippen LogP contribution in [-0.2, 0) is 14.3 Å². The first kappa shape index (κ1) is 15.7. The lowest BCUT2D eigenvalue weighted by atomic mass is 9.92. The highest BCUT2D eigenvalue weighted by Gasteiger charge is 2.50. The lowest BCUT2D eigenvalue weighted by Crippen LogP contribution is -2.60. The van der Waals surface area contributed by atoms with Crippen LogP contribution in [0.25, 0.3) is 0 Å². The molecule has 2 atom stereocenters. The number of hydrogen-bond acceptors (Lipinski definition) is 5. The second kappa shape index (κ2) is 6.87. The molecule has 0 aromatic carbocycles. The fourth-order valence-electron chi connectivity index (χ4n) is 3.12. The van der Waals surface area contributed by atoms with Crippen molar-refractivity contribution in [3.63, 3.8) is 0 Å². The van der Waals surface area contributed by atoms with Crippen LogP contribution in [0.1, 0.15) is 39.5 Å². The largest absolute Gasteiger partial charge is 0.465 e. The molecule has 0 aromatic heterocycles. The van der Waals surface area contributed by atoms with Gasteiger partial charge in [-0.2, -0.15) is 0 Å². The van der Waals surface area contributed by atoms with Gasteiger partial charge in [0.05, 0.1) is 12.7 Å². The molecule has 5 heteroatoms. The summed E-state index contributed by atoms with van der Waals surface area (Å²) in [5.74, 6) is 0.0510. The number of hydrogen-bond donors (Lipinski definition) is 1. The lowest BCUT2D eigenvalue weighted by molar-refractivity contribution is -0.152. The standard InChI is InChI=1S/C15H28N2O3/c1-3-19-13-6-5-9-17(10-13)11-15(16,12-7-8-12)14(18)20-4-2/h12-13H,3-11,16H2,1-2H3. The highest BCUT2D eigenvalue weighted by atomic mass is 16.5. The van der Waals surface area contributed by atoms with Gasteiger partial charge in [-0.1, -0.05) is 0 Å². The minimum absolute atomic E-state index is 0.235. The van der Waals surface area contributed by atoms with Crippen molar-refractivity contribution in [3.05, 3.63) is 0 Å². The normalized spacial score (nSPS) is 27.1. The van der Waals surface area contributed by atoms with Crippen molar-refractivity contribution in [2.75, 3.05) is 32.8 Å². The van der Waals surface area contributed by atoms with Crippen LogP contribution in [0.4, 0.5) is 0 Å². The molecule has 0 aromatic rings. The predicted molar refractivity (Wildman–Crippen MR) is 77.4 cm³/mol. The van der Waals surface area contributed by atoms with Crippen LogP contribution < -0.4 is 5.73 Å². The molecule has 5 nitrogen and oxygen atoms in total. The summed E-state index contributed by atoms with van der Waals surface area (Å²) < 4.78 is 10.9. The molecule has 0 bridgehead atoms. The second-order valence-electron chi connectivity index (χ2n) is 5.99. The average molecular weight is 284 g/mol. The maximum absolute atomic E-state index is 12.2. The molecule has 1 aliphatic heterocycles. The van der Waals surface area contributed by atoms with E-state index in [1.54, 1.807) is 0 Å². The van der Waals surface area contributed by atoms with Crippen LogP contribution in [0.15, 0.2) is 0 Å². The van der Waals surface area contributed by atoms with Crippen LogP contribution in [0.5, 0.6) is 0 Å². The van der Waals surface area contributed by atoms with Crippen molar-refractivity contribution in [2.45, 2.75) is 51.2 Å². The SMILES string of the molecule is CCOC(=O)C(N)(CN1CCCC(OCC)C1)C1CC1. The van der Waals surface area contributed by atoms with E-state index in [9.17, 15) is 4.79 Å². The summed E-state index contributed by atoms with van der Waals surface area (Å²) in [5, 5.41) is 0. The Kier molecular flexibility index (Phi) is 5.41. The number of nitrogens with two attached hydrogens (primary N) is 1. The Hall–Kier alpha value is -0.650. The van der Waals surface area contributed by atoms with Gasteiger partial charge in [-0.15, -0.1) is 0 Å². The van der Waals surface area contributed by atoms with Gasteiger partial charge >= 0.3 is 5.97 Å². The van der Waals surface area contributed by atoms with Gasteiger partial charge in [-0.05, 0) is 52.0 Å². The van der Waals surface area contributed by atoms with E-state index < -0.39 is 5.54 Å². The third-order valence-corrected chi connectivity index (χ3v) is 4.31. The van der Waals surface area contributed by atoms with Crippen LogP contribution in [0.3, 0.4) is 0 Å². The summed E-state index contributed by atoms with van der Waals surface area (Å²) in [6.07, 6.45) is 4.56. The molecule has 0 amide bonds. The summed E-state index contributed by atoms with van der Waals surface area (Å²) in [5.41, 5.74) is 5.60. The maximum atomic E-state index is 12.2. The molecular weight excluding hydrogens is 256 g/mol. The fraction of sp³-hybridized carbons (Fsp3) is 0.933. The molecule has 2 fully saturated rings. The van der Waals surface area contributed by atoms with Crippen molar-refractivity contribution < 1.29 is 14.3 Å². The molecule has 20 heavy (non-hydrogen) atoms. The Balaban J connectivity index is 1.95. The van der Waals surface area contributed by atoms with Gasteiger partial charge < -0.3 is 15.2 Å². The Morgan fingerprint density at radius 2 is 2.05 bits per heavy atom. The molecular formula is C15H28N2O3. The van der Waals surface area contributed by atoms with Crippen molar-refractivity contribution >= 4 is 5.97 Å². The van der Waals surface area contributed by atoms with Crippen LogP contribution in [-0.4, -0.2) is 55.4 Å². The first-order valence-corrected chi connectivity index (χ1v) is 7.90. The number of nitrogens with zero attached hydrogens (tertiary/aromatic N) is 1. The number of rotatable bonds is 7. The Bertz CT molecular complexity index is 331. The Labute approximate surface area is 121 Å². The summed E-state index contributed by atoms with van der Waals surface area (Å²) in [7, 11) is 0. The molecule has 1 aliphatic carbocycles. The molecule has 2 unspecified atom stereocenters. The topological polar surface area (TPSA) is 64.8 Å². The molecule has 0 spiro atoms. The van der Waals surface area contributed by atoms with Gasteiger partial charge in [0, 0.05) is 19.7 Å². The smallest absolute Gasteiger partial charge is 0.327 e. The minimum Gasteiger partial charge on any atom is -0.465 e. The molecule has 116 valence electrons. The van der Waals surface area contributed by atoms with Crippen LogP contribution in [0.2, 0.25) is 0 Å². The lowest BCUT2D eigenvalue weighted by Gasteiger charge is -2.38.